The second-order valence-corrected chi connectivity index (χ2v) is 3.70. The van der Waals surface area contributed by atoms with Crippen LogP contribution in [0.5, 0.6) is 0 Å². The van der Waals surface area contributed by atoms with Gasteiger partial charge in [-0.2, -0.15) is 5.26 Å². The molecule has 0 spiro atoms. The highest BCUT2D eigenvalue weighted by Gasteiger charge is 2.04. The summed E-state index contributed by atoms with van der Waals surface area (Å²) < 4.78 is 0. The fourth-order valence-electron chi connectivity index (χ4n) is 1.56. The van der Waals surface area contributed by atoms with Crippen LogP contribution in [0.1, 0.15) is 5.56 Å². The molecule has 0 saturated carbocycles. The zero-order valence-corrected chi connectivity index (χ0v) is 9.69. The third kappa shape index (κ3) is 2.76. The molecule has 2 aromatic carbocycles. The summed E-state index contributed by atoms with van der Waals surface area (Å²) in [5.74, 6) is 0. The Morgan fingerprint density at radius 1 is 1.00 bits per heavy atom. The number of allylic oxidation sites excluding steroid dienone is 1. The minimum atomic E-state index is 0.405. The number of nitrogens with zero attached hydrogens (tertiary/aromatic N) is 2. The second-order valence-electron chi connectivity index (χ2n) is 3.70. The van der Waals surface area contributed by atoms with Crippen LogP contribution >= 0.6 is 0 Å². The number of para-hydroxylation sites is 1. The van der Waals surface area contributed by atoms with Gasteiger partial charge < -0.3 is 0 Å². The van der Waals surface area contributed by atoms with E-state index in [-0.39, 0.29) is 0 Å². The molecule has 2 rings (SSSR count). The smallest absolute Gasteiger partial charge is 0.101 e. The monoisotopic (exact) mass is 236 g/mol. The predicted octanol–water partition coefficient (Wildman–Crippen LogP) is 3.45. The number of anilines is 1. The third-order valence-corrected chi connectivity index (χ3v) is 2.48. The largest absolute Gasteiger partial charge is 0.284 e. The van der Waals surface area contributed by atoms with Crippen molar-refractivity contribution in [2.45, 2.75) is 0 Å². The second kappa shape index (κ2) is 5.67. The Kier molecular flexibility index (Phi) is 3.75. The SMILES string of the molecule is N#C/C(=C/N(O)c1ccccc1)c1ccccc1. The lowest BCUT2D eigenvalue weighted by atomic mass is 10.1. The molecule has 0 aliphatic heterocycles. The predicted molar refractivity (Wildman–Crippen MR) is 70.7 cm³/mol. The van der Waals surface area contributed by atoms with Gasteiger partial charge in [-0.3, -0.25) is 5.21 Å². The van der Waals surface area contributed by atoms with Gasteiger partial charge in [-0.05, 0) is 17.7 Å². The molecule has 1 N–H and O–H groups in total. The van der Waals surface area contributed by atoms with Gasteiger partial charge in [0.2, 0.25) is 0 Å². The highest BCUT2D eigenvalue weighted by atomic mass is 16.5. The Balaban J connectivity index is 2.29. The maximum Gasteiger partial charge on any atom is 0.101 e. The van der Waals surface area contributed by atoms with E-state index in [0.717, 1.165) is 10.6 Å². The van der Waals surface area contributed by atoms with Crippen LogP contribution in [-0.2, 0) is 0 Å². The summed E-state index contributed by atoms with van der Waals surface area (Å²) >= 11 is 0. The van der Waals surface area contributed by atoms with Crippen LogP contribution in [0.2, 0.25) is 0 Å². The molecule has 0 saturated heterocycles. The van der Waals surface area contributed by atoms with Crippen molar-refractivity contribution in [2.75, 3.05) is 5.06 Å². The Morgan fingerprint density at radius 2 is 1.56 bits per heavy atom. The summed E-state index contributed by atoms with van der Waals surface area (Å²) in [5.41, 5.74) is 1.79. The van der Waals surface area contributed by atoms with E-state index in [1.807, 2.05) is 48.5 Å². The van der Waals surface area contributed by atoms with Gasteiger partial charge in [-0.1, -0.05) is 48.5 Å². The minimum absolute atomic E-state index is 0.405. The zero-order valence-electron chi connectivity index (χ0n) is 9.69. The molecular formula is C15H12N2O. The number of benzene rings is 2. The lowest BCUT2D eigenvalue weighted by molar-refractivity contribution is 0.296. The van der Waals surface area contributed by atoms with Gasteiger partial charge in [0.15, 0.2) is 0 Å². The average Bonchev–Trinajstić information content (AvgIpc) is 2.46. The van der Waals surface area contributed by atoms with Crippen LogP contribution < -0.4 is 5.06 Å². The van der Waals surface area contributed by atoms with Gasteiger partial charge in [0.25, 0.3) is 0 Å². The van der Waals surface area contributed by atoms with E-state index in [2.05, 4.69) is 6.07 Å². The van der Waals surface area contributed by atoms with Crippen molar-refractivity contribution in [1.82, 2.24) is 0 Å². The molecule has 0 bridgehead atoms. The van der Waals surface area contributed by atoms with Gasteiger partial charge in [-0.15, -0.1) is 0 Å². The molecule has 0 radical (unpaired) electrons. The maximum absolute atomic E-state index is 9.89. The van der Waals surface area contributed by atoms with E-state index in [0.29, 0.717) is 11.3 Å². The quantitative estimate of drug-likeness (QED) is 0.656. The maximum atomic E-state index is 9.89. The molecule has 3 nitrogen and oxygen atoms in total. The molecule has 0 amide bonds. The van der Waals surface area contributed by atoms with Crippen molar-refractivity contribution in [3.05, 3.63) is 72.4 Å². The van der Waals surface area contributed by atoms with E-state index in [4.69, 9.17) is 5.26 Å². The molecule has 0 aliphatic rings. The van der Waals surface area contributed by atoms with E-state index in [9.17, 15) is 5.21 Å². The molecule has 2 aromatic rings. The molecule has 3 heteroatoms. The third-order valence-electron chi connectivity index (χ3n) is 2.48. The minimum Gasteiger partial charge on any atom is -0.284 e. The Hall–Kier alpha value is -2.57. The first-order valence-corrected chi connectivity index (χ1v) is 5.52. The van der Waals surface area contributed by atoms with Crippen molar-refractivity contribution >= 4 is 11.3 Å². The van der Waals surface area contributed by atoms with Crippen LogP contribution in [0, 0.1) is 11.3 Å². The molecular weight excluding hydrogens is 224 g/mol. The summed E-state index contributed by atoms with van der Waals surface area (Å²) in [6.45, 7) is 0. The first-order valence-electron chi connectivity index (χ1n) is 5.52. The van der Waals surface area contributed by atoms with Crippen LogP contribution in [0.25, 0.3) is 5.57 Å². The number of nitriles is 1. The molecule has 0 unspecified atom stereocenters. The van der Waals surface area contributed by atoms with Crippen molar-refractivity contribution in [3.8, 4) is 6.07 Å². The highest BCUT2D eigenvalue weighted by Crippen LogP contribution is 2.17. The number of hydrogen-bond donors (Lipinski definition) is 1. The molecule has 0 atom stereocenters. The zero-order chi connectivity index (χ0) is 12.8. The van der Waals surface area contributed by atoms with E-state index in [1.54, 1.807) is 12.1 Å². The summed E-state index contributed by atoms with van der Waals surface area (Å²) in [5, 5.41) is 20.0. The fourth-order valence-corrected chi connectivity index (χ4v) is 1.56. The molecule has 0 heterocycles. The first-order chi connectivity index (χ1) is 8.81. The van der Waals surface area contributed by atoms with Gasteiger partial charge in [0.05, 0.1) is 17.5 Å². The van der Waals surface area contributed by atoms with Crippen molar-refractivity contribution in [2.24, 2.45) is 0 Å². The fraction of sp³-hybridized carbons (Fsp3) is 0. The van der Waals surface area contributed by atoms with Crippen LogP contribution in [0.15, 0.2) is 66.9 Å². The van der Waals surface area contributed by atoms with E-state index < -0.39 is 0 Å². The highest BCUT2D eigenvalue weighted by molar-refractivity contribution is 5.78. The van der Waals surface area contributed by atoms with Crippen molar-refractivity contribution < 1.29 is 5.21 Å². The summed E-state index contributed by atoms with van der Waals surface area (Å²) in [7, 11) is 0. The number of rotatable bonds is 3. The van der Waals surface area contributed by atoms with Gasteiger partial charge >= 0.3 is 0 Å². The number of hydrogen-bond acceptors (Lipinski definition) is 3. The van der Waals surface area contributed by atoms with Crippen molar-refractivity contribution in [3.63, 3.8) is 0 Å². The Morgan fingerprint density at radius 3 is 2.11 bits per heavy atom. The van der Waals surface area contributed by atoms with E-state index in [1.165, 1.54) is 6.20 Å². The standard InChI is InChI=1S/C15H12N2O/c16-11-14(13-7-3-1-4-8-13)12-17(18)15-9-5-2-6-10-15/h1-10,12,18H/b14-12-. The molecule has 0 aromatic heterocycles. The molecule has 0 aliphatic carbocycles. The van der Waals surface area contributed by atoms with Gasteiger partial charge in [0.1, 0.15) is 6.07 Å². The van der Waals surface area contributed by atoms with Crippen LogP contribution in [0.4, 0.5) is 5.69 Å². The van der Waals surface area contributed by atoms with Crippen LogP contribution in [-0.4, -0.2) is 5.21 Å². The summed E-state index contributed by atoms with van der Waals surface area (Å²) in [4.78, 5) is 0. The Labute approximate surface area is 106 Å². The lowest BCUT2D eigenvalue weighted by Crippen LogP contribution is -2.09. The number of hydroxylamine groups is 1. The lowest BCUT2D eigenvalue weighted by Gasteiger charge is -2.12. The normalized spacial score (nSPS) is 10.8. The molecule has 18 heavy (non-hydrogen) atoms. The van der Waals surface area contributed by atoms with Gasteiger partial charge in [0, 0.05) is 0 Å². The van der Waals surface area contributed by atoms with Crippen molar-refractivity contribution in [1.29, 1.82) is 5.26 Å². The Bertz CT molecular complexity index is 570. The summed E-state index contributed by atoms with van der Waals surface area (Å²) in [6, 6.07) is 20.3. The molecule has 0 fully saturated rings. The average molecular weight is 236 g/mol. The topological polar surface area (TPSA) is 47.3 Å². The van der Waals surface area contributed by atoms with Gasteiger partial charge in [-0.25, -0.2) is 5.06 Å². The van der Waals surface area contributed by atoms with Crippen LogP contribution in [0.3, 0.4) is 0 Å². The summed E-state index contributed by atoms with van der Waals surface area (Å²) in [6.07, 6.45) is 1.41. The molecule has 88 valence electrons. The first kappa shape index (κ1) is 11.9. The van der Waals surface area contributed by atoms with E-state index >= 15 is 0 Å².